The van der Waals surface area contributed by atoms with E-state index in [0.29, 0.717) is 5.57 Å². The lowest BCUT2D eigenvalue weighted by Crippen LogP contribution is -2.15. The van der Waals surface area contributed by atoms with Gasteiger partial charge in [0, 0.05) is 5.56 Å². The Morgan fingerprint density at radius 2 is 2.00 bits per heavy atom. The summed E-state index contributed by atoms with van der Waals surface area (Å²) in [6.45, 7) is 1.98. The third-order valence-electron chi connectivity index (χ3n) is 3.75. The summed E-state index contributed by atoms with van der Waals surface area (Å²) in [5, 5.41) is 4.12. The predicted molar refractivity (Wildman–Crippen MR) is 84.7 cm³/mol. The summed E-state index contributed by atoms with van der Waals surface area (Å²) in [4.78, 5) is 16.9. The van der Waals surface area contributed by atoms with Crippen molar-refractivity contribution in [3.63, 3.8) is 0 Å². The topological polar surface area (TPSA) is 57.1 Å². The Hall–Kier alpha value is -2.30. The first kappa shape index (κ1) is 16.1. The van der Waals surface area contributed by atoms with Gasteiger partial charge in [0.15, 0.2) is 0 Å². The van der Waals surface area contributed by atoms with Gasteiger partial charge in [-0.05, 0) is 48.9 Å². The van der Waals surface area contributed by atoms with Gasteiger partial charge in [0.2, 0.25) is 0 Å². The molecule has 0 N–H and O–H groups in total. The molecule has 0 unspecified atom stereocenters. The summed E-state index contributed by atoms with van der Waals surface area (Å²) >= 11 is 0. The van der Waals surface area contributed by atoms with E-state index in [4.69, 9.17) is 14.3 Å². The summed E-state index contributed by atoms with van der Waals surface area (Å²) in [6, 6.07) is 4.07. The Bertz CT molecular complexity index is 632. The average molecular weight is 303 g/mol. The fraction of sp³-hybridized carbons (Fsp3) is 0.412. The molecular formula is C17H21NO4. The van der Waals surface area contributed by atoms with Gasteiger partial charge in [0.25, 0.3) is 0 Å². The largest absolute Gasteiger partial charge is 0.503 e. The van der Waals surface area contributed by atoms with Gasteiger partial charge in [-0.1, -0.05) is 11.2 Å². The van der Waals surface area contributed by atoms with Gasteiger partial charge in [-0.2, -0.15) is 0 Å². The molecule has 5 nitrogen and oxygen atoms in total. The lowest BCUT2D eigenvalue weighted by Gasteiger charge is -2.20. The Morgan fingerprint density at radius 1 is 1.23 bits per heavy atom. The van der Waals surface area contributed by atoms with Gasteiger partial charge in [-0.15, -0.1) is 0 Å². The van der Waals surface area contributed by atoms with Crippen LogP contribution >= 0.6 is 0 Å². The number of nitrogens with zero attached hydrogens (tertiary/aromatic N) is 1. The van der Waals surface area contributed by atoms with E-state index in [2.05, 4.69) is 11.2 Å². The van der Waals surface area contributed by atoms with Crippen LogP contribution in [0.2, 0.25) is 0 Å². The van der Waals surface area contributed by atoms with Crippen LogP contribution in [0.5, 0.6) is 0 Å². The summed E-state index contributed by atoms with van der Waals surface area (Å²) in [5.41, 5.74) is 5.35. The molecule has 0 saturated heterocycles. The molecule has 0 fully saturated rings. The molecule has 22 heavy (non-hydrogen) atoms. The van der Waals surface area contributed by atoms with Crippen LogP contribution in [-0.2, 0) is 25.5 Å². The minimum atomic E-state index is -0.425. The van der Waals surface area contributed by atoms with E-state index in [-0.39, 0.29) is 0 Å². The fourth-order valence-corrected chi connectivity index (χ4v) is 2.77. The predicted octanol–water partition coefficient (Wildman–Crippen LogP) is 2.84. The molecule has 0 aliphatic heterocycles. The molecular weight excluding hydrogens is 282 g/mol. The first-order valence-electron chi connectivity index (χ1n) is 7.18. The van der Waals surface area contributed by atoms with Crippen molar-refractivity contribution in [2.75, 3.05) is 21.3 Å². The number of ether oxygens (including phenoxy) is 2. The van der Waals surface area contributed by atoms with E-state index < -0.39 is 5.97 Å². The van der Waals surface area contributed by atoms with E-state index in [9.17, 15) is 4.79 Å². The van der Waals surface area contributed by atoms with Gasteiger partial charge < -0.3 is 14.3 Å². The number of oxime groups is 1. The van der Waals surface area contributed by atoms with E-state index in [1.54, 1.807) is 7.11 Å². The van der Waals surface area contributed by atoms with Crippen LogP contribution in [0.1, 0.15) is 35.1 Å². The number of aryl methyl sites for hydroxylation is 2. The number of esters is 1. The number of rotatable bonds is 4. The van der Waals surface area contributed by atoms with E-state index in [1.165, 1.54) is 26.0 Å². The second-order valence-electron chi connectivity index (χ2n) is 5.16. The number of methoxy groups -OCH3 is 2. The van der Waals surface area contributed by atoms with Crippen molar-refractivity contribution in [2.24, 2.45) is 5.16 Å². The van der Waals surface area contributed by atoms with E-state index in [1.807, 2.05) is 13.0 Å². The molecule has 0 radical (unpaired) electrons. The van der Waals surface area contributed by atoms with Crippen LogP contribution < -0.4 is 0 Å². The number of fused-ring (bicyclic) bond motifs is 1. The maximum absolute atomic E-state index is 12.0. The molecule has 1 aromatic carbocycles. The number of benzene rings is 1. The van der Waals surface area contributed by atoms with Crippen LogP contribution in [0.3, 0.4) is 0 Å². The Labute approximate surface area is 130 Å². The highest BCUT2D eigenvalue weighted by atomic mass is 16.6. The smallest absolute Gasteiger partial charge is 0.341 e. The summed E-state index contributed by atoms with van der Waals surface area (Å²) in [7, 11) is 4.41. The van der Waals surface area contributed by atoms with Gasteiger partial charge >= 0.3 is 5.97 Å². The second kappa shape index (κ2) is 7.11. The van der Waals surface area contributed by atoms with Crippen molar-refractivity contribution >= 4 is 17.3 Å². The van der Waals surface area contributed by atoms with Crippen molar-refractivity contribution in [2.45, 2.75) is 26.2 Å². The fourth-order valence-electron chi connectivity index (χ4n) is 2.77. The molecule has 1 aromatic rings. The standard InChI is InChI=1S/C17H21NO4/c1-11-8-12-6-5-7-16(18-22-4)14(12)9-13(11)15(10-20-2)17(19)21-3/h8-10H,5-7H2,1-4H3/b15-10+,18-16+. The number of carbonyl (C=O) groups excluding carboxylic acids is 1. The van der Waals surface area contributed by atoms with Crippen molar-refractivity contribution in [1.82, 2.24) is 0 Å². The highest BCUT2D eigenvalue weighted by Crippen LogP contribution is 2.29. The van der Waals surface area contributed by atoms with Gasteiger partial charge in [0.05, 0.1) is 26.2 Å². The first-order chi connectivity index (χ1) is 10.6. The number of hydrogen-bond acceptors (Lipinski definition) is 5. The van der Waals surface area contributed by atoms with Gasteiger partial charge in [-0.25, -0.2) is 4.79 Å². The number of carbonyl (C=O) groups is 1. The molecule has 0 amide bonds. The van der Waals surface area contributed by atoms with Crippen molar-refractivity contribution < 1.29 is 19.1 Å². The zero-order valence-electron chi connectivity index (χ0n) is 13.4. The second-order valence-corrected chi connectivity index (χ2v) is 5.16. The first-order valence-corrected chi connectivity index (χ1v) is 7.18. The molecule has 1 aliphatic rings. The highest BCUT2D eigenvalue weighted by molar-refractivity contribution is 6.17. The molecule has 2 rings (SSSR count). The van der Waals surface area contributed by atoms with E-state index >= 15 is 0 Å². The average Bonchev–Trinajstić information content (AvgIpc) is 2.52. The summed E-state index contributed by atoms with van der Waals surface area (Å²) < 4.78 is 9.89. The highest BCUT2D eigenvalue weighted by Gasteiger charge is 2.22. The molecule has 0 heterocycles. The van der Waals surface area contributed by atoms with E-state index in [0.717, 1.165) is 41.7 Å². The quantitative estimate of drug-likeness (QED) is 0.371. The third kappa shape index (κ3) is 3.13. The third-order valence-corrected chi connectivity index (χ3v) is 3.75. The zero-order chi connectivity index (χ0) is 16.1. The minimum absolute atomic E-state index is 0.396. The SMILES string of the molecule is CO/C=C(/C(=O)OC)c1cc2c(cc1C)CCC/C2=N\OC. The lowest BCUT2D eigenvalue weighted by atomic mass is 9.85. The van der Waals surface area contributed by atoms with Gasteiger partial charge in [0.1, 0.15) is 12.7 Å². The zero-order valence-corrected chi connectivity index (χ0v) is 13.4. The summed E-state index contributed by atoms with van der Waals surface area (Å²) in [5.74, 6) is -0.425. The Morgan fingerprint density at radius 3 is 2.64 bits per heavy atom. The minimum Gasteiger partial charge on any atom is -0.503 e. The molecule has 0 saturated carbocycles. The molecule has 118 valence electrons. The Kier molecular flexibility index (Phi) is 5.20. The Balaban J connectivity index is 2.58. The summed E-state index contributed by atoms with van der Waals surface area (Å²) in [6.07, 6.45) is 4.33. The van der Waals surface area contributed by atoms with Crippen LogP contribution in [0.4, 0.5) is 0 Å². The number of hydrogen-bond donors (Lipinski definition) is 0. The molecule has 0 spiro atoms. The van der Waals surface area contributed by atoms with Crippen molar-refractivity contribution in [1.29, 1.82) is 0 Å². The van der Waals surface area contributed by atoms with Crippen LogP contribution in [0.15, 0.2) is 23.6 Å². The van der Waals surface area contributed by atoms with Crippen LogP contribution in [-0.4, -0.2) is 33.0 Å². The molecule has 1 aliphatic carbocycles. The maximum Gasteiger partial charge on any atom is 0.341 e. The molecule has 0 bridgehead atoms. The van der Waals surface area contributed by atoms with Crippen molar-refractivity contribution in [3.8, 4) is 0 Å². The lowest BCUT2D eigenvalue weighted by molar-refractivity contribution is -0.133. The normalized spacial score (nSPS) is 16.2. The monoisotopic (exact) mass is 303 g/mol. The molecule has 5 heteroatoms. The molecule has 0 aromatic heterocycles. The van der Waals surface area contributed by atoms with Gasteiger partial charge in [-0.3, -0.25) is 0 Å². The molecule has 0 atom stereocenters. The van der Waals surface area contributed by atoms with Crippen LogP contribution in [0, 0.1) is 6.92 Å². The van der Waals surface area contributed by atoms with Crippen LogP contribution in [0.25, 0.3) is 5.57 Å². The maximum atomic E-state index is 12.0. The van der Waals surface area contributed by atoms with Crippen molar-refractivity contribution in [3.05, 3.63) is 40.6 Å².